The third kappa shape index (κ3) is 2.97. The van der Waals surface area contributed by atoms with E-state index in [-0.39, 0.29) is 18.1 Å². The molecule has 1 unspecified atom stereocenters. The first-order chi connectivity index (χ1) is 7.25. The molecule has 2 aliphatic heterocycles. The molecule has 1 amide bonds. The molecular formula is C11H17NO2S. The number of carbonyl (C=O) groups is 2. The van der Waals surface area contributed by atoms with Crippen molar-refractivity contribution in [2.75, 3.05) is 24.6 Å². The molecular weight excluding hydrogens is 210 g/mol. The number of thioether (sulfide) groups is 1. The lowest BCUT2D eigenvalue weighted by Gasteiger charge is -2.31. The van der Waals surface area contributed by atoms with Crippen molar-refractivity contribution < 1.29 is 9.59 Å². The molecule has 0 N–H and O–H groups in total. The van der Waals surface area contributed by atoms with Crippen LogP contribution in [0.15, 0.2) is 0 Å². The van der Waals surface area contributed by atoms with Gasteiger partial charge in [0.25, 0.3) is 0 Å². The van der Waals surface area contributed by atoms with Crippen LogP contribution in [-0.4, -0.2) is 41.2 Å². The lowest BCUT2D eigenvalue weighted by Crippen LogP contribution is -2.42. The van der Waals surface area contributed by atoms with E-state index in [1.165, 1.54) is 24.3 Å². The van der Waals surface area contributed by atoms with Gasteiger partial charge < -0.3 is 4.90 Å². The van der Waals surface area contributed by atoms with Crippen molar-refractivity contribution in [1.82, 2.24) is 4.90 Å². The molecule has 0 aliphatic carbocycles. The number of likely N-dealkylation sites (tertiary alicyclic amines) is 1. The number of hydrogen-bond donors (Lipinski definition) is 0. The molecule has 84 valence electrons. The zero-order valence-corrected chi connectivity index (χ0v) is 9.72. The van der Waals surface area contributed by atoms with E-state index in [9.17, 15) is 9.59 Å². The van der Waals surface area contributed by atoms with Gasteiger partial charge >= 0.3 is 0 Å². The molecule has 0 aromatic rings. The maximum Gasteiger partial charge on any atom is 0.230 e. The Morgan fingerprint density at radius 1 is 1.40 bits per heavy atom. The molecule has 2 aliphatic rings. The minimum atomic E-state index is 0.0434. The molecule has 0 bridgehead atoms. The van der Waals surface area contributed by atoms with E-state index in [0.717, 1.165) is 6.54 Å². The molecule has 2 fully saturated rings. The van der Waals surface area contributed by atoms with Crippen LogP contribution in [0.4, 0.5) is 0 Å². The summed E-state index contributed by atoms with van der Waals surface area (Å²) >= 11 is 1.99. The third-order valence-electron chi connectivity index (χ3n) is 3.09. The largest absolute Gasteiger partial charge is 0.342 e. The van der Waals surface area contributed by atoms with Gasteiger partial charge in [0.05, 0.1) is 6.42 Å². The maximum absolute atomic E-state index is 11.6. The van der Waals surface area contributed by atoms with Crippen molar-refractivity contribution in [2.45, 2.75) is 25.7 Å². The fourth-order valence-electron chi connectivity index (χ4n) is 2.21. The first-order valence-electron chi connectivity index (χ1n) is 5.63. The molecule has 0 radical (unpaired) electrons. The van der Waals surface area contributed by atoms with E-state index in [1.54, 1.807) is 0 Å². The van der Waals surface area contributed by atoms with Crippen LogP contribution in [0.1, 0.15) is 25.7 Å². The number of nitrogens with zero attached hydrogens (tertiary/aromatic N) is 1. The molecule has 1 atom stereocenters. The smallest absolute Gasteiger partial charge is 0.230 e. The number of piperidine rings is 1. The molecule has 2 rings (SSSR count). The lowest BCUT2D eigenvalue weighted by atomic mass is 10.0. The Labute approximate surface area is 94.6 Å². The molecule has 0 saturated carbocycles. The first kappa shape index (κ1) is 11.0. The van der Waals surface area contributed by atoms with E-state index >= 15 is 0 Å². The summed E-state index contributed by atoms with van der Waals surface area (Å²) in [5.41, 5.74) is 0. The topological polar surface area (TPSA) is 37.4 Å². The zero-order valence-electron chi connectivity index (χ0n) is 8.91. The second-order valence-corrected chi connectivity index (χ2v) is 5.54. The number of rotatable bonds is 2. The summed E-state index contributed by atoms with van der Waals surface area (Å²) in [5.74, 6) is 3.25. The summed E-state index contributed by atoms with van der Waals surface area (Å²) in [6.45, 7) is 1.53. The molecule has 2 saturated heterocycles. The maximum atomic E-state index is 11.6. The molecule has 0 spiro atoms. The van der Waals surface area contributed by atoms with E-state index in [0.29, 0.717) is 18.9 Å². The van der Waals surface area contributed by atoms with Gasteiger partial charge in [0.2, 0.25) is 5.91 Å². The van der Waals surface area contributed by atoms with Crippen LogP contribution in [0.5, 0.6) is 0 Å². The fourth-order valence-corrected chi connectivity index (χ4v) is 3.35. The summed E-state index contributed by atoms with van der Waals surface area (Å²) in [7, 11) is 0. The number of amides is 1. The van der Waals surface area contributed by atoms with Gasteiger partial charge in [0.1, 0.15) is 5.78 Å². The molecule has 15 heavy (non-hydrogen) atoms. The highest BCUT2D eigenvalue weighted by Crippen LogP contribution is 2.24. The van der Waals surface area contributed by atoms with Crippen LogP contribution in [0, 0.1) is 5.92 Å². The van der Waals surface area contributed by atoms with Crippen molar-refractivity contribution in [3.63, 3.8) is 0 Å². The Morgan fingerprint density at radius 2 is 2.27 bits per heavy atom. The number of hydrogen-bond acceptors (Lipinski definition) is 3. The van der Waals surface area contributed by atoms with Gasteiger partial charge in [-0.25, -0.2) is 0 Å². The highest BCUT2D eigenvalue weighted by atomic mass is 32.2. The lowest BCUT2D eigenvalue weighted by molar-refractivity contribution is -0.139. The minimum absolute atomic E-state index is 0.0434. The monoisotopic (exact) mass is 227 g/mol. The van der Waals surface area contributed by atoms with Crippen molar-refractivity contribution in [2.24, 2.45) is 5.92 Å². The van der Waals surface area contributed by atoms with Crippen molar-refractivity contribution >= 4 is 23.5 Å². The van der Waals surface area contributed by atoms with Gasteiger partial charge in [0, 0.05) is 19.5 Å². The van der Waals surface area contributed by atoms with Gasteiger partial charge in [-0.3, -0.25) is 9.59 Å². The highest BCUT2D eigenvalue weighted by molar-refractivity contribution is 7.99. The zero-order chi connectivity index (χ0) is 10.7. The van der Waals surface area contributed by atoms with Crippen molar-refractivity contribution in [3.05, 3.63) is 0 Å². The first-order valence-corrected chi connectivity index (χ1v) is 6.78. The molecule has 2 heterocycles. The van der Waals surface area contributed by atoms with Gasteiger partial charge in [-0.15, -0.1) is 0 Å². The SMILES string of the molecule is O=C1CCN(CC2CCCSC2)C(=O)C1. The van der Waals surface area contributed by atoms with Crippen LogP contribution in [0.2, 0.25) is 0 Å². The van der Waals surface area contributed by atoms with Gasteiger partial charge in [-0.1, -0.05) is 0 Å². The predicted octanol–water partition coefficient (Wildman–Crippen LogP) is 1.32. The Hall–Kier alpha value is -0.510. The summed E-state index contributed by atoms with van der Waals surface area (Å²) < 4.78 is 0. The Kier molecular flexibility index (Phi) is 3.67. The van der Waals surface area contributed by atoms with Crippen molar-refractivity contribution in [3.8, 4) is 0 Å². The summed E-state index contributed by atoms with van der Waals surface area (Å²) in [5, 5.41) is 0. The Bertz CT molecular complexity index is 261. The van der Waals surface area contributed by atoms with E-state index in [4.69, 9.17) is 0 Å². The molecule has 4 heteroatoms. The van der Waals surface area contributed by atoms with E-state index < -0.39 is 0 Å². The summed E-state index contributed by atoms with van der Waals surface area (Å²) in [6.07, 6.45) is 3.21. The third-order valence-corrected chi connectivity index (χ3v) is 4.38. The van der Waals surface area contributed by atoms with Gasteiger partial charge in [-0.2, -0.15) is 11.8 Å². The number of ketones is 1. The van der Waals surface area contributed by atoms with Gasteiger partial charge in [-0.05, 0) is 30.3 Å². The standard InChI is InChI=1S/C11H17NO2S/c13-10-3-4-12(11(14)6-10)7-9-2-1-5-15-8-9/h9H,1-8H2. The Morgan fingerprint density at radius 3 is 2.93 bits per heavy atom. The molecule has 0 aromatic heterocycles. The molecule has 0 aromatic carbocycles. The average Bonchev–Trinajstić information content (AvgIpc) is 2.24. The van der Waals surface area contributed by atoms with Crippen LogP contribution < -0.4 is 0 Å². The summed E-state index contributed by atoms with van der Waals surface area (Å²) in [6, 6.07) is 0. The number of Topliss-reactive ketones (excluding diaryl/α,β-unsaturated/α-hetero) is 1. The average molecular weight is 227 g/mol. The second-order valence-electron chi connectivity index (χ2n) is 4.39. The fraction of sp³-hybridized carbons (Fsp3) is 0.818. The van der Waals surface area contributed by atoms with Gasteiger partial charge in [0.15, 0.2) is 0 Å². The van der Waals surface area contributed by atoms with Crippen molar-refractivity contribution in [1.29, 1.82) is 0 Å². The van der Waals surface area contributed by atoms with Crippen LogP contribution in [0.25, 0.3) is 0 Å². The Balaban J connectivity index is 1.82. The van der Waals surface area contributed by atoms with Crippen LogP contribution in [-0.2, 0) is 9.59 Å². The van der Waals surface area contributed by atoms with E-state index in [1.807, 2.05) is 16.7 Å². The van der Waals surface area contributed by atoms with Crippen LogP contribution >= 0.6 is 11.8 Å². The van der Waals surface area contributed by atoms with E-state index in [2.05, 4.69) is 0 Å². The molecule has 3 nitrogen and oxygen atoms in total. The second kappa shape index (κ2) is 5.01. The van der Waals surface area contributed by atoms with Crippen LogP contribution in [0.3, 0.4) is 0 Å². The number of carbonyl (C=O) groups excluding carboxylic acids is 2. The normalized spacial score (nSPS) is 28.3. The minimum Gasteiger partial charge on any atom is -0.342 e. The highest BCUT2D eigenvalue weighted by Gasteiger charge is 2.26. The quantitative estimate of drug-likeness (QED) is 0.668. The summed E-state index contributed by atoms with van der Waals surface area (Å²) in [4.78, 5) is 24.5. The predicted molar refractivity (Wildman–Crippen MR) is 60.9 cm³/mol.